The van der Waals surface area contributed by atoms with E-state index in [9.17, 15) is 9.90 Å². The van der Waals surface area contributed by atoms with Gasteiger partial charge in [0.05, 0.1) is 0 Å². The van der Waals surface area contributed by atoms with Gasteiger partial charge in [-0.2, -0.15) is 0 Å². The van der Waals surface area contributed by atoms with Crippen LogP contribution in [0.4, 0.5) is 0 Å². The van der Waals surface area contributed by atoms with Gasteiger partial charge in [-0.25, -0.2) is 0 Å². The van der Waals surface area contributed by atoms with Crippen molar-refractivity contribution >= 4 is 5.91 Å². The van der Waals surface area contributed by atoms with Crippen molar-refractivity contribution in [2.75, 3.05) is 26.2 Å². The lowest BCUT2D eigenvalue weighted by Gasteiger charge is -2.66. The zero-order valence-electron chi connectivity index (χ0n) is 19.8. The van der Waals surface area contributed by atoms with E-state index in [0.717, 1.165) is 57.4 Å². The first-order valence-electron chi connectivity index (χ1n) is 13.2. The van der Waals surface area contributed by atoms with Crippen LogP contribution >= 0.6 is 0 Å². The molecule has 5 unspecified atom stereocenters. The number of rotatable bonds is 4. The summed E-state index contributed by atoms with van der Waals surface area (Å²) >= 11 is 0. The van der Waals surface area contributed by atoms with Crippen molar-refractivity contribution in [3.05, 3.63) is 65.2 Å². The molecule has 3 aliphatic carbocycles. The predicted octanol–water partition coefficient (Wildman–Crippen LogP) is 3.55. The van der Waals surface area contributed by atoms with Crippen LogP contribution in [0.5, 0.6) is 5.75 Å². The van der Waals surface area contributed by atoms with Crippen LogP contribution in [0, 0.1) is 17.3 Å². The average molecular weight is 458 g/mol. The second kappa shape index (κ2) is 7.32. The minimum Gasteiger partial charge on any atom is -0.508 e. The molecule has 4 bridgehead atoms. The van der Waals surface area contributed by atoms with Gasteiger partial charge in [0.1, 0.15) is 5.75 Å². The fourth-order valence-corrected chi connectivity index (χ4v) is 9.64. The number of aromatic hydroxyl groups is 1. The Morgan fingerprint density at radius 2 is 2.00 bits per heavy atom. The average Bonchev–Trinajstić information content (AvgIpc) is 3.30. The Morgan fingerprint density at radius 3 is 2.82 bits per heavy atom. The van der Waals surface area contributed by atoms with Crippen molar-refractivity contribution in [3.8, 4) is 5.75 Å². The van der Waals surface area contributed by atoms with E-state index in [0.29, 0.717) is 29.7 Å². The molecule has 5 nitrogen and oxygen atoms in total. The molecule has 178 valence electrons. The van der Waals surface area contributed by atoms with E-state index >= 15 is 0 Å². The second-order valence-electron chi connectivity index (χ2n) is 11.5. The number of benzene rings is 2. The van der Waals surface area contributed by atoms with Gasteiger partial charge in [0.2, 0.25) is 0 Å². The molecule has 0 aromatic heterocycles. The van der Waals surface area contributed by atoms with Crippen LogP contribution in [0.15, 0.2) is 48.5 Å². The number of carbonyl (C=O) groups excluding carboxylic acids is 1. The predicted molar refractivity (Wildman–Crippen MR) is 132 cm³/mol. The number of phenolic OH excluding ortho intramolecular Hbond substituents is 1. The molecule has 2 aromatic rings. The Morgan fingerprint density at radius 1 is 1.15 bits per heavy atom. The molecular formula is C29H35N3O2. The first kappa shape index (κ1) is 21.0. The minimum atomic E-state index is 0.0719. The standard InChI is InChI=1S/C29H35N3O2/c30-12-4-13-31-14-11-29-23-16-22(33)8-7-20(23)15-25(31)28(29)10-9-24-26(29)21(17-28)18-32(24)27(34)19-5-2-1-3-6-19/h1-3,5-8,16,21,24-26,33H,4,9-15,17-18,30H2/t21-,24?,25?,26?,28?,29?/m1/s1. The highest BCUT2D eigenvalue weighted by Crippen LogP contribution is 2.75. The lowest BCUT2D eigenvalue weighted by molar-refractivity contribution is -0.101. The number of hydrogen-bond acceptors (Lipinski definition) is 4. The molecule has 0 radical (unpaired) electrons. The summed E-state index contributed by atoms with van der Waals surface area (Å²) in [6, 6.07) is 16.8. The van der Waals surface area contributed by atoms with E-state index in [1.165, 1.54) is 24.0 Å². The molecule has 3 N–H and O–H groups in total. The van der Waals surface area contributed by atoms with Gasteiger partial charge in [-0.15, -0.1) is 0 Å². The van der Waals surface area contributed by atoms with E-state index in [1.54, 1.807) is 0 Å². The van der Waals surface area contributed by atoms with E-state index in [2.05, 4.69) is 21.9 Å². The van der Waals surface area contributed by atoms with Crippen LogP contribution in [0.25, 0.3) is 0 Å². The molecule has 2 aromatic carbocycles. The number of nitrogens with zero attached hydrogens (tertiary/aromatic N) is 2. The Balaban J connectivity index is 1.34. The van der Waals surface area contributed by atoms with Gasteiger partial charge in [0, 0.05) is 29.6 Å². The summed E-state index contributed by atoms with van der Waals surface area (Å²) in [6.45, 7) is 3.82. The maximum Gasteiger partial charge on any atom is 0.254 e. The van der Waals surface area contributed by atoms with Gasteiger partial charge < -0.3 is 15.7 Å². The first-order valence-corrected chi connectivity index (χ1v) is 13.2. The fourth-order valence-electron chi connectivity index (χ4n) is 9.64. The van der Waals surface area contributed by atoms with Crippen LogP contribution in [-0.2, 0) is 11.8 Å². The zero-order chi connectivity index (χ0) is 23.1. The Labute approximate surface area is 201 Å². The maximum atomic E-state index is 13.6. The van der Waals surface area contributed by atoms with E-state index in [1.807, 2.05) is 36.4 Å². The number of amides is 1. The third kappa shape index (κ3) is 2.50. The van der Waals surface area contributed by atoms with E-state index < -0.39 is 0 Å². The van der Waals surface area contributed by atoms with Gasteiger partial charge in [-0.1, -0.05) is 24.3 Å². The highest BCUT2D eigenvalue weighted by molar-refractivity contribution is 5.94. The number of hydrogen-bond donors (Lipinski definition) is 2. The van der Waals surface area contributed by atoms with Gasteiger partial charge in [-0.3, -0.25) is 9.69 Å². The van der Waals surface area contributed by atoms with Crippen LogP contribution in [0.1, 0.15) is 53.6 Å². The summed E-state index contributed by atoms with van der Waals surface area (Å²) in [6.07, 6.45) is 6.77. The molecule has 6 atom stereocenters. The number of fused-ring (bicyclic) bond motifs is 1. The van der Waals surface area contributed by atoms with Crippen LogP contribution in [0.3, 0.4) is 0 Å². The molecule has 7 rings (SSSR count). The van der Waals surface area contributed by atoms with Crippen molar-refractivity contribution in [1.82, 2.24) is 9.80 Å². The van der Waals surface area contributed by atoms with E-state index in [-0.39, 0.29) is 16.7 Å². The summed E-state index contributed by atoms with van der Waals surface area (Å²) in [5, 5.41) is 10.6. The lowest BCUT2D eigenvalue weighted by atomic mass is 9.43. The smallest absolute Gasteiger partial charge is 0.254 e. The summed E-state index contributed by atoms with van der Waals surface area (Å²) < 4.78 is 0. The molecule has 34 heavy (non-hydrogen) atoms. The largest absolute Gasteiger partial charge is 0.508 e. The number of carbonyl (C=O) groups is 1. The molecule has 2 saturated heterocycles. The molecule has 1 amide bonds. The van der Waals surface area contributed by atoms with Gasteiger partial charge >= 0.3 is 0 Å². The van der Waals surface area contributed by atoms with Crippen molar-refractivity contribution in [1.29, 1.82) is 0 Å². The van der Waals surface area contributed by atoms with Gasteiger partial charge in [-0.05, 0) is 111 Å². The van der Waals surface area contributed by atoms with Crippen molar-refractivity contribution in [3.63, 3.8) is 0 Å². The highest BCUT2D eigenvalue weighted by atomic mass is 16.3. The molecule has 2 heterocycles. The molecular weight excluding hydrogens is 422 g/mol. The van der Waals surface area contributed by atoms with Crippen molar-refractivity contribution in [2.24, 2.45) is 23.0 Å². The molecule has 5 heteroatoms. The van der Waals surface area contributed by atoms with Crippen molar-refractivity contribution in [2.45, 2.75) is 56.0 Å². The van der Waals surface area contributed by atoms with Crippen LogP contribution < -0.4 is 5.73 Å². The topological polar surface area (TPSA) is 69.8 Å². The van der Waals surface area contributed by atoms with Crippen LogP contribution in [0.2, 0.25) is 0 Å². The summed E-state index contributed by atoms with van der Waals surface area (Å²) in [5.74, 6) is 1.63. The summed E-state index contributed by atoms with van der Waals surface area (Å²) in [7, 11) is 0. The number of likely N-dealkylation sites (tertiary alicyclic amines) is 2. The Bertz CT molecular complexity index is 1140. The molecule has 5 aliphatic rings. The molecule has 0 spiro atoms. The van der Waals surface area contributed by atoms with Crippen LogP contribution in [-0.4, -0.2) is 59.1 Å². The lowest BCUT2D eigenvalue weighted by Crippen LogP contribution is -2.69. The highest BCUT2D eigenvalue weighted by Gasteiger charge is 2.76. The zero-order valence-corrected chi connectivity index (χ0v) is 19.8. The third-order valence-corrected chi connectivity index (χ3v) is 10.5. The number of nitrogens with two attached hydrogens (primary N) is 1. The minimum absolute atomic E-state index is 0.0719. The van der Waals surface area contributed by atoms with Gasteiger partial charge in [0.25, 0.3) is 5.91 Å². The third-order valence-electron chi connectivity index (χ3n) is 10.5. The SMILES string of the molecule is NCCCN1CCC23c4cc(O)ccc4CC1C21CCC2C3[C@@H](CN2C(=O)c2ccccc2)C1. The second-order valence-corrected chi connectivity index (χ2v) is 11.5. The molecule has 2 aliphatic heterocycles. The van der Waals surface area contributed by atoms with Gasteiger partial charge in [0.15, 0.2) is 0 Å². The molecule has 4 fully saturated rings. The summed E-state index contributed by atoms with van der Waals surface area (Å²) in [4.78, 5) is 18.6. The number of phenols is 1. The first-order chi connectivity index (χ1) is 16.6. The van der Waals surface area contributed by atoms with E-state index in [4.69, 9.17) is 5.73 Å². The quantitative estimate of drug-likeness (QED) is 0.737. The number of piperidine rings is 1. The Hall–Kier alpha value is -2.37. The molecule has 2 saturated carbocycles. The normalized spacial score (nSPS) is 37.4. The summed E-state index contributed by atoms with van der Waals surface area (Å²) in [5.41, 5.74) is 9.90. The monoisotopic (exact) mass is 457 g/mol. The van der Waals surface area contributed by atoms with Crippen molar-refractivity contribution < 1.29 is 9.90 Å². The fraction of sp³-hybridized carbons (Fsp3) is 0.552. The Kier molecular flexibility index (Phi) is 4.51. The maximum absolute atomic E-state index is 13.6.